The first-order chi connectivity index (χ1) is 9.33. The van der Waals surface area contributed by atoms with Crippen LogP contribution in [0, 0.1) is 5.82 Å². The van der Waals surface area contributed by atoms with Crippen molar-refractivity contribution < 1.29 is 22.7 Å². The zero-order valence-corrected chi connectivity index (χ0v) is 11.2. The predicted octanol–water partition coefficient (Wildman–Crippen LogP) is 2.25. The smallest absolute Gasteiger partial charge is 0.263 e. The normalized spacial score (nSPS) is 29.4. The second-order valence-electron chi connectivity index (χ2n) is 5.40. The highest BCUT2D eigenvalue weighted by Crippen LogP contribution is 2.37. The van der Waals surface area contributed by atoms with E-state index in [1.165, 1.54) is 18.2 Å². The molecule has 1 fully saturated rings. The summed E-state index contributed by atoms with van der Waals surface area (Å²) in [5.74, 6) is -0.756. The number of carbonyl (C=O) groups excluding carboxylic acids is 1. The second-order valence-corrected chi connectivity index (χ2v) is 5.40. The molecular weight excluding hydrogens is 271 g/mol. The van der Waals surface area contributed by atoms with E-state index in [4.69, 9.17) is 4.74 Å². The van der Waals surface area contributed by atoms with Gasteiger partial charge in [0.05, 0.1) is 18.2 Å². The van der Waals surface area contributed by atoms with E-state index in [2.05, 4.69) is 5.32 Å². The highest BCUT2D eigenvalue weighted by Gasteiger charge is 2.52. The van der Waals surface area contributed by atoms with Crippen molar-refractivity contribution in [1.82, 2.24) is 5.32 Å². The van der Waals surface area contributed by atoms with Gasteiger partial charge in [0.1, 0.15) is 17.6 Å². The summed E-state index contributed by atoms with van der Waals surface area (Å²) in [5, 5.41) is 2.58. The Kier molecular flexibility index (Phi) is 3.88. The molecule has 3 nitrogen and oxygen atoms in total. The van der Waals surface area contributed by atoms with Gasteiger partial charge in [-0.25, -0.2) is 13.2 Å². The minimum atomic E-state index is -2.92. The van der Waals surface area contributed by atoms with Crippen LogP contribution < -0.4 is 5.32 Å². The minimum absolute atomic E-state index is 0.197. The third kappa shape index (κ3) is 2.33. The summed E-state index contributed by atoms with van der Waals surface area (Å²) in [6.07, 6.45) is -2.41. The molecule has 0 saturated carbocycles. The van der Waals surface area contributed by atoms with E-state index in [0.717, 1.165) is 6.07 Å². The highest BCUT2D eigenvalue weighted by atomic mass is 19.3. The second kappa shape index (κ2) is 5.18. The van der Waals surface area contributed by atoms with Crippen molar-refractivity contribution in [1.29, 1.82) is 0 Å². The van der Waals surface area contributed by atoms with Gasteiger partial charge in [-0.3, -0.25) is 5.32 Å². The van der Waals surface area contributed by atoms with Crippen molar-refractivity contribution in [3.63, 3.8) is 0 Å². The summed E-state index contributed by atoms with van der Waals surface area (Å²) in [6.45, 7) is 2.83. The van der Waals surface area contributed by atoms with Crippen molar-refractivity contribution in [2.75, 3.05) is 6.61 Å². The maximum absolute atomic E-state index is 13.9. The fourth-order valence-electron chi connectivity index (χ4n) is 2.30. The zero-order chi connectivity index (χ0) is 15.0. The number of halogens is 3. The predicted molar refractivity (Wildman–Crippen MR) is 67.1 cm³/mol. The average Bonchev–Trinajstić information content (AvgIpc) is 2.39. The van der Waals surface area contributed by atoms with E-state index in [1.54, 1.807) is 13.8 Å². The van der Waals surface area contributed by atoms with Gasteiger partial charge in [-0.05, 0) is 19.9 Å². The lowest BCUT2D eigenvalue weighted by atomic mass is 9.84. The van der Waals surface area contributed by atoms with E-state index >= 15 is 0 Å². The summed E-state index contributed by atoms with van der Waals surface area (Å²) in [5.41, 5.74) is -3.14. The number of hydrogen-bond donors (Lipinski definition) is 1. The lowest BCUT2D eigenvalue weighted by Gasteiger charge is -2.47. The van der Waals surface area contributed by atoms with E-state index in [9.17, 15) is 18.0 Å². The van der Waals surface area contributed by atoms with Crippen LogP contribution >= 0.6 is 0 Å². The van der Waals surface area contributed by atoms with E-state index in [1.807, 2.05) is 0 Å². The molecule has 6 heteroatoms. The molecule has 0 amide bonds. The summed E-state index contributed by atoms with van der Waals surface area (Å²) < 4.78 is 46.5. The topological polar surface area (TPSA) is 38.3 Å². The highest BCUT2D eigenvalue weighted by molar-refractivity contribution is 5.60. The average molecular weight is 287 g/mol. The van der Waals surface area contributed by atoms with Crippen LogP contribution in [0.3, 0.4) is 0 Å². The van der Waals surface area contributed by atoms with E-state index < -0.39 is 36.0 Å². The molecule has 1 N–H and O–H groups in total. The number of nitrogens with one attached hydrogen (secondary N) is 1. The van der Waals surface area contributed by atoms with Gasteiger partial charge in [-0.15, -0.1) is 0 Å². The molecule has 2 unspecified atom stereocenters. The van der Waals surface area contributed by atoms with E-state index in [-0.39, 0.29) is 5.56 Å². The number of alkyl halides is 2. The SMILES string of the molecule is CC1(C)OCC(c2ccccc2F)(C(F)F)NC1C=O. The molecule has 2 rings (SSSR count). The Bertz CT molecular complexity index is 507. The van der Waals surface area contributed by atoms with Crippen LogP contribution in [0.2, 0.25) is 0 Å². The van der Waals surface area contributed by atoms with Gasteiger partial charge in [-0.1, -0.05) is 18.2 Å². The van der Waals surface area contributed by atoms with E-state index in [0.29, 0.717) is 6.29 Å². The monoisotopic (exact) mass is 287 g/mol. The largest absolute Gasteiger partial charge is 0.371 e. The van der Waals surface area contributed by atoms with Crippen LogP contribution in [0.15, 0.2) is 24.3 Å². The molecule has 1 aromatic rings. The van der Waals surface area contributed by atoms with Gasteiger partial charge in [0.2, 0.25) is 0 Å². The molecule has 110 valence electrons. The van der Waals surface area contributed by atoms with Crippen molar-refractivity contribution in [3.05, 3.63) is 35.6 Å². The Morgan fingerprint density at radius 3 is 2.60 bits per heavy atom. The molecule has 0 radical (unpaired) electrons. The van der Waals surface area contributed by atoms with Crippen LogP contribution in [0.25, 0.3) is 0 Å². The number of aldehydes is 1. The Labute approximate surface area is 115 Å². The summed E-state index contributed by atoms with van der Waals surface area (Å²) in [7, 11) is 0. The van der Waals surface area contributed by atoms with Crippen LogP contribution in [0.1, 0.15) is 19.4 Å². The van der Waals surface area contributed by atoms with Gasteiger partial charge in [-0.2, -0.15) is 0 Å². The minimum Gasteiger partial charge on any atom is -0.371 e. The maximum atomic E-state index is 13.9. The third-order valence-electron chi connectivity index (χ3n) is 3.70. The van der Waals surface area contributed by atoms with Gasteiger partial charge in [0.15, 0.2) is 0 Å². The summed E-state index contributed by atoms with van der Waals surface area (Å²) in [4.78, 5) is 11.1. The summed E-state index contributed by atoms with van der Waals surface area (Å²) in [6, 6.07) is 4.32. The molecule has 1 saturated heterocycles. The first kappa shape index (κ1) is 15.0. The van der Waals surface area contributed by atoms with Crippen molar-refractivity contribution in [3.8, 4) is 0 Å². The number of ether oxygens (including phenoxy) is 1. The Morgan fingerprint density at radius 2 is 2.05 bits per heavy atom. The van der Waals surface area contributed by atoms with Gasteiger partial charge < -0.3 is 9.53 Å². The first-order valence-electron chi connectivity index (χ1n) is 6.23. The number of carbonyl (C=O) groups is 1. The van der Waals surface area contributed by atoms with Crippen LogP contribution in [0.5, 0.6) is 0 Å². The number of rotatable bonds is 3. The van der Waals surface area contributed by atoms with Crippen molar-refractivity contribution in [2.45, 2.75) is 37.5 Å². The molecule has 0 aromatic heterocycles. The fraction of sp³-hybridized carbons (Fsp3) is 0.500. The molecule has 1 aliphatic rings. The Hall–Kier alpha value is -1.40. The zero-order valence-electron chi connectivity index (χ0n) is 11.2. The molecule has 0 spiro atoms. The van der Waals surface area contributed by atoms with Crippen molar-refractivity contribution >= 4 is 6.29 Å². The number of morpholine rings is 1. The summed E-state index contributed by atoms with van der Waals surface area (Å²) >= 11 is 0. The Morgan fingerprint density at radius 1 is 1.40 bits per heavy atom. The molecule has 1 heterocycles. The fourth-order valence-corrected chi connectivity index (χ4v) is 2.30. The lowest BCUT2D eigenvalue weighted by molar-refractivity contribution is -0.160. The number of hydrogen-bond acceptors (Lipinski definition) is 3. The molecule has 2 atom stereocenters. The Balaban J connectivity index is 2.48. The first-order valence-corrected chi connectivity index (χ1v) is 6.23. The molecule has 1 aromatic carbocycles. The molecule has 20 heavy (non-hydrogen) atoms. The van der Waals surface area contributed by atoms with Gasteiger partial charge in [0.25, 0.3) is 6.43 Å². The molecular formula is C14H16F3NO2. The van der Waals surface area contributed by atoms with Gasteiger partial charge >= 0.3 is 0 Å². The molecule has 0 bridgehead atoms. The lowest BCUT2D eigenvalue weighted by Crippen LogP contribution is -2.67. The van der Waals surface area contributed by atoms with Crippen LogP contribution in [-0.2, 0) is 15.1 Å². The van der Waals surface area contributed by atoms with Crippen LogP contribution in [-0.4, -0.2) is 31.0 Å². The molecule has 0 aliphatic carbocycles. The molecule has 1 aliphatic heterocycles. The van der Waals surface area contributed by atoms with Gasteiger partial charge in [0, 0.05) is 5.56 Å². The number of benzene rings is 1. The third-order valence-corrected chi connectivity index (χ3v) is 3.70. The standard InChI is InChI=1S/C14H16F3NO2/c1-13(2)11(7-19)18-14(8-20-13,12(16)17)9-5-3-4-6-10(9)15/h3-7,11-12,18H,8H2,1-2H3. The van der Waals surface area contributed by atoms with Crippen molar-refractivity contribution in [2.24, 2.45) is 0 Å². The maximum Gasteiger partial charge on any atom is 0.263 e. The quantitative estimate of drug-likeness (QED) is 0.867. The van der Waals surface area contributed by atoms with Crippen LogP contribution in [0.4, 0.5) is 13.2 Å².